The quantitative estimate of drug-likeness (QED) is 0.406. The maximum Gasteiger partial charge on any atom is 0.254 e. The van der Waals surface area contributed by atoms with Crippen molar-refractivity contribution in [1.29, 1.82) is 0 Å². The van der Waals surface area contributed by atoms with Gasteiger partial charge in [-0.2, -0.15) is 0 Å². The number of methoxy groups -OCH3 is 1. The SMILES string of the molecule is COc1ccccc1OCC1c2ccsc2CCN1C(=O)CN(CC1CC1)C(=O)c1ccc(C)cc1. The normalized spacial score (nSPS) is 16.8. The molecule has 188 valence electrons. The number of carbonyl (C=O) groups excluding carboxylic acids is 2. The second kappa shape index (κ2) is 10.7. The molecule has 0 saturated heterocycles. The molecule has 1 atom stereocenters. The molecule has 7 heteroatoms. The fourth-order valence-electron chi connectivity index (χ4n) is 4.75. The maximum atomic E-state index is 13.7. The number of rotatable bonds is 9. The molecule has 2 heterocycles. The number of thiophene rings is 1. The molecule has 1 aromatic heterocycles. The lowest BCUT2D eigenvalue weighted by Crippen LogP contribution is -2.48. The summed E-state index contributed by atoms with van der Waals surface area (Å²) in [5.74, 6) is 1.68. The number of carbonyl (C=O) groups is 2. The molecule has 2 amide bonds. The Balaban J connectivity index is 1.34. The predicted octanol–water partition coefficient (Wildman–Crippen LogP) is 5.12. The summed E-state index contributed by atoms with van der Waals surface area (Å²) in [5, 5.41) is 2.08. The van der Waals surface area contributed by atoms with Gasteiger partial charge < -0.3 is 19.3 Å². The van der Waals surface area contributed by atoms with Crippen LogP contribution in [-0.2, 0) is 11.2 Å². The lowest BCUT2D eigenvalue weighted by atomic mass is 10.00. The Morgan fingerprint density at radius 3 is 2.53 bits per heavy atom. The smallest absolute Gasteiger partial charge is 0.254 e. The van der Waals surface area contributed by atoms with Gasteiger partial charge in [-0.1, -0.05) is 29.8 Å². The summed E-state index contributed by atoms with van der Waals surface area (Å²) in [6, 6.07) is 17.0. The number of para-hydroxylation sites is 2. The van der Waals surface area contributed by atoms with Crippen molar-refractivity contribution < 1.29 is 19.1 Å². The highest BCUT2D eigenvalue weighted by molar-refractivity contribution is 7.10. The zero-order chi connectivity index (χ0) is 25.1. The van der Waals surface area contributed by atoms with Crippen LogP contribution >= 0.6 is 11.3 Å². The van der Waals surface area contributed by atoms with Gasteiger partial charge in [0.1, 0.15) is 13.2 Å². The first-order chi connectivity index (χ1) is 17.5. The maximum absolute atomic E-state index is 13.7. The van der Waals surface area contributed by atoms with E-state index < -0.39 is 0 Å². The highest BCUT2D eigenvalue weighted by Gasteiger charge is 2.35. The van der Waals surface area contributed by atoms with Gasteiger partial charge in [0.15, 0.2) is 11.5 Å². The molecule has 0 N–H and O–H groups in total. The molecule has 1 saturated carbocycles. The van der Waals surface area contributed by atoms with E-state index in [0.29, 0.717) is 42.7 Å². The summed E-state index contributed by atoms with van der Waals surface area (Å²) in [4.78, 5) is 32.0. The third-order valence-electron chi connectivity index (χ3n) is 6.97. The Morgan fingerprint density at radius 2 is 1.81 bits per heavy atom. The summed E-state index contributed by atoms with van der Waals surface area (Å²) in [6.45, 7) is 3.64. The van der Waals surface area contributed by atoms with Gasteiger partial charge in [0.05, 0.1) is 13.2 Å². The highest BCUT2D eigenvalue weighted by Crippen LogP contribution is 2.36. The zero-order valence-electron chi connectivity index (χ0n) is 20.8. The molecule has 5 rings (SSSR count). The molecule has 0 spiro atoms. The van der Waals surface area contributed by atoms with Crippen molar-refractivity contribution in [2.75, 3.05) is 33.4 Å². The fourth-order valence-corrected chi connectivity index (χ4v) is 5.67. The summed E-state index contributed by atoms with van der Waals surface area (Å²) in [6.07, 6.45) is 3.05. The molecule has 6 nitrogen and oxygen atoms in total. The molecule has 2 aromatic carbocycles. The van der Waals surface area contributed by atoms with Crippen molar-refractivity contribution in [2.45, 2.75) is 32.2 Å². The highest BCUT2D eigenvalue weighted by atomic mass is 32.1. The number of amides is 2. The lowest BCUT2D eigenvalue weighted by molar-refractivity contribution is -0.135. The van der Waals surface area contributed by atoms with Gasteiger partial charge in [-0.25, -0.2) is 0 Å². The largest absolute Gasteiger partial charge is 0.493 e. The van der Waals surface area contributed by atoms with Crippen molar-refractivity contribution >= 4 is 23.2 Å². The standard InChI is InChI=1S/C29H32N2O4S/c1-20-7-11-22(12-8-20)29(33)30(17-21-9-10-21)18-28(32)31-15-13-27-23(14-16-36-27)24(31)19-35-26-6-4-3-5-25(26)34-2/h3-8,11-12,14,16,21,24H,9-10,13,15,17-19H2,1-2H3. The first-order valence-corrected chi connectivity index (χ1v) is 13.4. The second-order valence-corrected chi connectivity index (χ2v) is 10.6. The third kappa shape index (κ3) is 5.41. The van der Waals surface area contributed by atoms with Crippen LogP contribution in [0.15, 0.2) is 60.0 Å². The minimum absolute atomic E-state index is 0.0402. The molecule has 2 aliphatic rings. The first-order valence-electron chi connectivity index (χ1n) is 12.5. The van der Waals surface area contributed by atoms with Gasteiger partial charge >= 0.3 is 0 Å². The number of benzene rings is 2. The Morgan fingerprint density at radius 1 is 1.06 bits per heavy atom. The summed E-state index contributed by atoms with van der Waals surface area (Å²) >= 11 is 1.72. The molecule has 0 bridgehead atoms. The van der Waals surface area contributed by atoms with Crippen molar-refractivity contribution in [3.63, 3.8) is 0 Å². The van der Waals surface area contributed by atoms with E-state index in [4.69, 9.17) is 9.47 Å². The number of hydrogen-bond acceptors (Lipinski definition) is 5. The average molecular weight is 505 g/mol. The summed E-state index contributed by atoms with van der Waals surface area (Å²) in [7, 11) is 1.62. The van der Waals surface area contributed by atoms with E-state index >= 15 is 0 Å². The molecular formula is C29H32N2O4S. The average Bonchev–Trinajstić information content (AvgIpc) is 3.59. The predicted molar refractivity (Wildman–Crippen MR) is 141 cm³/mol. The minimum Gasteiger partial charge on any atom is -0.493 e. The van der Waals surface area contributed by atoms with Crippen LogP contribution in [0.2, 0.25) is 0 Å². The fraction of sp³-hybridized carbons (Fsp3) is 0.379. The Labute approximate surface area is 216 Å². The molecule has 1 unspecified atom stereocenters. The van der Waals surface area contributed by atoms with E-state index in [1.54, 1.807) is 23.3 Å². The molecule has 1 fully saturated rings. The molecule has 1 aliphatic heterocycles. The van der Waals surface area contributed by atoms with Crippen molar-refractivity contribution in [1.82, 2.24) is 9.80 Å². The van der Waals surface area contributed by atoms with Crippen LogP contribution in [0.5, 0.6) is 11.5 Å². The monoisotopic (exact) mass is 504 g/mol. The third-order valence-corrected chi connectivity index (χ3v) is 7.96. The molecule has 1 aliphatic carbocycles. The van der Waals surface area contributed by atoms with Crippen LogP contribution in [0.25, 0.3) is 0 Å². The Bertz CT molecular complexity index is 1220. The van der Waals surface area contributed by atoms with Gasteiger partial charge in [0.2, 0.25) is 5.91 Å². The summed E-state index contributed by atoms with van der Waals surface area (Å²) < 4.78 is 11.6. The van der Waals surface area contributed by atoms with Crippen molar-refractivity contribution in [2.24, 2.45) is 5.92 Å². The van der Waals surface area contributed by atoms with Gasteiger partial charge in [0, 0.05) is 23.5 Å². The van der Waals surface area contributed by atoms with Crippen LogP contribution in [0.4, 0.5) is 0 Å². The van der Waals surface area contributed by atoms with E-state index in [1.807, 2.05) is 60.4 Å². The van der Waals surface area contributed by atoms with Crippen LogP contribution in [0, 0.1) is 12.8 Å². The Hall–Kier alpha value is -3.32. The van der Waals surface area contributed by atoms with Gasteiger partial charge in [-0.15, -0.1) is 11.3 Å². The Kier molecular flexibility index (Phi) is 7.28. The second-order valence-electron chi connectivity index (χ2n) is 9.61. The van der Waals surface area contributed by atoms with Gasteiger partial charge in [-0.05, 0) is 73.4 Å². The van der Waals surface area contributed by atoms with Crippen molar-refractivity contribution in [3.8, 4) is 11.5 Å². The lowest BCUT2D eigenvalue weighted by Gasteiger charge is -2.37. The molecule has 0 radical (unpaired) electrons. The van der Waals surface area contributed by atoms with Crippen LogP contribution < -0.4 is 9.47 Å². The molecule has 3 aromatic rings. The van der Waals surface area contributed by atoms with Crippen molar-refractivity contribution in [3.05, 3.63) is 81.5 Å². The summed E-state index contributed by atoms with van der Waals surface area (Å²) in [5.41, 5.74) is 2.87. The minimum atomic E-state index is -0.213. The van der Waals surface area contributed by atoms with Crippen LogP contribution in [-0.4, -0.2) is 55.0 Å². The number of hydrogen-bond donors (Lipinski definition) is 0. The van der Waals surface area contributed by atoms with Crippen LogP contribution in [0.1, 0.15) is 45.2 Å². The first kappa shape index (κ1) is 24.4. The molecule has 36 heavy (non-hydrogen) atoms. The van der Waals surface area contributed by atoms with E-state index in [2.05, 4.69) is 11.4 Å². The zero-order valence-corrected chi connectivity index (χ0v) is 21.6. The number of aryl methyl sites for hydroxylation is 1. The van der Waals surface area contributed by atoms with Crippen LogP contribution in [0.3, 0.4) is 0 Å². The molecular weight excluding hydrogens is 472 g/mol. The van der Waals surface area contributed by atoms with E-state index in [1.165, 1.54) is 4.88 Å². The number of ether oxygens (including phenoxy) is 2. The topological polar surface area (TPSA) is 59.1 Å². The number of fused-ring (bicyclic) bond motifs is 1. The van der Waals surface area contributed by atoms with E-state index in [-0.39, 0.29) is 24.4 Å². The van der Waals surface area contributed by atoms with Gasteiger partial charge in [0.25, 0.3) is 5.91 Å². The van der Waals surface area contributed by atoms with E-state index in [9.17, 15) is 9.59 Å². The van der Waals surface area contributed by atoms with Gasteiger partial charge in [-0.3, -0.25) is 9.59 Å². The number of nitrogens with zero attached hydrogens (tertiary/aromatic N) is 2. The van der Waals surface area contributed by atoms with E-state index in [0.717, 1.165) is 30.4 Å².